The van der Waals surface area contributed by atoms with Crippen LogP contribution >= 0.6 is 0 Å². The minimum Gasteiger partial charge on any atom is -0.481 e. The maximum Gasteiger partial charge on any atom is 0.329 e. The molecule has 1 saturated heterocycles. The van der Waals surface area contributed by atoms with E-state index in [4.69, 9.17) is 4.74 Å². The third-order valence-corrected chi connectivity index (χ3v) is 3.79. The number of carboxylic acids is 1. The molecule has 0 saturated carbocycles. The van der Waals surface area contributed by atoms with Crippen molar-refractivity contribution >= 4 is 11.7 Å². The van der Waals surface area contributed by atoms with Crippen molar-refractivity contribution in [1.82, 2.24) is 4.98 Å². The van der Waals surface area contributed by atoms with E-state index in [1.54, 1.807) is 19.4 Å². The molecular formula is C14H20N2O3. The van der Waals surface area contributed by atoms with E-state index in [-0.39, 0.29) is 0 Å². The standard InChI is InChI=1S/C14H20N2O3/c1-3-6-14(13(17)18)7-4-9-16(14)11-5-8-15-12(10-11)19-2/h5,8,10H,3-4,6-7,9H2,1-2H3,(H,17,18). The molecular weight excluding hydrogens is 244 g/mol. The molecule has 5 heteroatoms. The molecule has 0 radical (unpaired) electrons. The summed E-state index contributed by atoms with van der Waals surface area (Å²) < 4.78 is 5.12. The van der Waals surface area contributed by atoms with E-state index in [1.807, 2.05) is 17.9 Å². The summed E-state index contributed by atoms with van der Waals surface area (Å²) in [5.74, 6) is -0.220. The second-order valence-corrected chi connectivity index (χ2v) is 4.90. The van der Waals surface area contributed by atoms with Gasteiger partial charge in [0.1, 0.15) is 5.54 Å². The van der Waals surface area contributed by atoms with Crippen molar-refractivity contribution in [3.8, 4) is 5.88 Å². The van der Waals surface area contributed by atoms with E-state index in [1.165, 1.54) is 0 Å². The third-order valence-electron chi connectivity index (χ3n) is 3.79. The van der Waals surface area contributed by atoms with Gasteiger partial charge in [-0.25, -0.2) is 9.78 Å². The number of ether oxygens (including phenoxy) is 1. The Kier molecular flexibility index (Phi) is 3.93. The summed E-state index contributed by atoms with van der Waals surface area (Å²) in [6.07, 6.45) is 4.76. The van der Waals surface area contributed by atoms with Gasteiger partial charge < -0.3 is 14.7 Å². The lowest BCUT2D eigenvalue weighted by Gasteiger charge is -2.36. The molecule has 1 N–H and O–H groups in total. The summed E-state index contributed by atoms with van der Waals surface area (Å²) in [4.78, 5) is 17.8. The number of anilines is 1. The molecule has 1 aromatic heterocycles. The highest BCUT2D eigenvalue weighted by atomic mass is 16.5. The first-order valence-corrected chi connectivity index (χ1v) is 6.65. The van der Waals surface area contributed by atoms with Gasteiger partial charge in [0.15, 0.2) is 0 Å². The molecule has 1 aliphatic rings. The Labute approximate surface area is 113 Å². The fourth-order valence-electron chi connectivity index (χ4n) is 2.94. The van der Waals surface area contributed by atoms with Crippen LogP contribution in [-0.4, -0.2) is 35.3 Å². The van der Waals surface area contributed by atoms with E-state index in [9.17, 15) is 9.90 Å². The minimum absolute atomic E-state index is 0.514. The summed E-state index contributed by atoms with van der Waals surface area (Å²) in [6, 6.07) is 3.65. The fraction of sp³-hybridized carbons (Fsp3) is 0.571. The van der Waals surface area contributed by atoms with Gasteiger partial charge in [0, 0.05) is 24.5 Å². The molecule has 1 aliphatic heterocycles. The van der Waals surface area contributed by atoms with E-state index in [0.717, 1.165) is 25.1 Å². The van der Waals surface area contributed by atoms with E-state index >= 15 is 0 Å². The van der Waals surface area contributed by atoms with Crippen molar-refractivity contribution in [1.29, 1.82) is 0 Å². The molecule has 1 atom stereocenters. The van der Waals surface area contributed by atoms with Gasteiger partial charge >= 0.3 is 5.97 Å². The Hall–Kier alpha value is -1.78. The summed E-state index contributed by atoms with van der Waals surface area (Å²) in [5, 5.41) is 9.66. The van der Waals surface area contributed by atoms with Gasteiger partial charge in [-0.3, -0.25) is 0 Å². The van der Waals surface area contributed by atoms with Crippen LogP contribution in [0.15, 0.2) is 18.3 Å². The lowest BCUT2D eigenvalue weighted by molar-refractivity contribution is -0.143. The molecule has 2 heterocycles. The first kappa shape index (κ1) is 13.6. The second kappa shape index (κ2) is 5.47. The summed E-state index contributed by atoms with van der Waals surface area (Å²) in [6.45, 7) is 2.79. The van der Waals surface area contributed by atoms with Crippen molar-refractivity contribution in [2.24, 2.45) is 0 Å². The monoisotopic (exact) mass is 264 g/mol. The summed E-state index contributed by atoms with van der Waals surface area (Å²) in [5.41, 5.74) is 0.0985. The molecule has 0 aromatic carbocycles. The normalized spacial score (nSPS) is 22.5. The molecule has 0 aliphatic carbocycles. The van der Waals surface area contributed by atoms with Crippen LogP contribution in [0.2, 0.25) is 0 Å². The average molecular weight is 264 g/mol. The van der Waals surface area contributed by atoms with Crippen LogP contribution in [0.3, 0.4) is 0 Å². The van der Waals surface area contributed by atoms with Crippen LogP contribution in [0.25, 0.3) is 0 Å². The number of pyridine rings is 1. The molecule has 1 aromatic rings. The SMILES string of the molecule is CCCC1(C(=O)O)CCCN1c1ccnc(OC)c1. The second-order valence-electron chi connectivity index (χ2n) is 4.90. The van der Waals surface area contributed by atoms with Crippen molar-refractivity contribution in [2.75, 3.05) is 18.6 Å². The van der Waals surface area contributed by atoms with Gasteiger partial charge in [-0.2, -0.15) is 0 Å². The number of aromatic nitrogens is 1. The van der Waals surface area contributed by atoms with Crippen LogP contribution < -0.4 is 9.64 Å². The quantitative estimate of drug-likeness (QED) is 0.884. The number of carbonyl (C=O) groups is 1. The molecule has 104 valence electrons. The van der Waals surface area contributed by atoms with E-state index in [2.05, 4.69) is 4.98 Å². The van der Waals surface area contributed by atoms with Crippen molar-refractivity contribution in [2.45, 2.75) is 38.1 Å². The zero-order valence-electron chi connectivity index (χ0n) is 11.4. The number of nitrogens with zero attached hydrogens (tertiary/aromatic N) is 2. The van der Waals surface area contributed by atoms with Gasteiger partial charge in [0.05, 0.1) is 7.11 Å². The van der Waals surface area contributed by atoms with Crippen LogP contribution in [0.1, 0.15) is 32.6 Å². The number of hydrogen-bond donors (Lipinski definition) is 1. The molecule has 0 amide bonds. The molecule has 0 bridgehead atoms. The molecule has 2 rings (SSSR count). The molecule has 5 nitrogen and oxygen atoms in total. The maximum absolute atomic E-state index is 11.8. The fourth-order valence-corrected chi connectivity index (χ4v) is 2.94. The van der Waals surface area contributed by atoms with Gasteiger partial charge in [0.25, 0.3) is 0 Å². The third kappa shape index (κ3) is 2.37. The smallest absolute Gasteiger partial charge is 0.329 e. The first-order valence-electron chi connectivity index (χ1n) is 6.65. The largest absolute Gasteiger partial charge is 0.481 e. The number of rotatable bonds is 5. The van der Waals surface area contributed by atoms with Crippen molar-refractivity contribution < 1.29 is 14.6 Å². The highest BCUT2D eigenvalue weighted by molar-refractivity contribution is 5.84. The lowest BCUT2D eigenvalue weighted by Crippen LogP contribution is -2.50. The number of hydrogen-bond acceptors (Lipinski definition) is 4. The molecule has 0 spiro atoms. The summed E-state index contributed by atoms with van der Waals surface area (Å²) in [7, 11) is 1.56. The van der Waals surface area contributed by atoms with E-state index < -0.39 is 11.5 Å². The molecule has 1 unspecified atom stereocenters. The van der Waals surface area contributed by atoms with Gasteiger partial charge in [-0.15, -0.1) is 0 Å². The Balaban J connectivity index is 2.38. The Morgan fingerprint density at radius 1 is 1.63 bits per heavy atom. The molecule has 19 heavy (non-hydrogen) atoms. The van der Waals surface area contributed by atoms with Gasteiger partial charge in [0.2, 0.25) is 5.88 Å². The predicted molar refractivity (Wildman–Crippen MR) is 72.6 cm³/mol. The Bertz CT molecular complexity index is 464. The van der Waals surface area contributed by atoms with Gasteiger partial charge in [-0.05, 0) is 25.3 Å². The number of carboxylic acid groups (broad SMARTS) is 1. The van der Waals surface area contributed by atoms with Crippen molar-refractivity contribution in [3.05, 3.63) is 18.3 Å². The van der Waals surface area contributed by atoms with Crippen LogP contribution in [0, 0.1) is 0 Å². The Morgan fingerprint density at radius 2 is 2.42 bits per heavy atom. The van der Waals surface area contributed by atoms with Gasteiger partial charge in [-0.1, -0.05) is 13.3 Å². The lowest BCUT2D eigenvalue weighted by atomic mass is 9.90. The van der Waals surface area contributed by atoms with Crippen LogP contribution in [0.5, 0.6) is 5.88 Å². The highest BCUT2D eigenvalue weighted by Crippen LogP contribution is 2.38. The van der Waals surface area contributed by atoms with E-state index in [0.29, 0.717) is 18.7 Å². The minimum atomic E-state index is -0.777. The number of methoxy groups -OCH3 is 1. The topological polar surface area (TPSA) is 62.7 Å². The maximum atomic E-state index is 11.8. The van der Waals surface area contributed by atoms with Crippen molar-refractivity contribution in [3.63, 3.8) is 0 Å². The zero-order chi connectivity index (χ0) is 13.9. The Morgan fingerprint density at radius 3 is 3.05 bits per heavy atom. The zero-order valence-corrected chi connectivity index (χ0v) is 11.4. The number of aliphatic carboxylic acids is 1. The summed E-state index contributed by atoms with van der Waals surface area (Å²) >= 11 is 0. The predicted octanol–water partition coefficient (Wildman–Crippen LogP) is 2.31. The van der Waals surface area contributed by atoms with Crippen LogP contribution in [-0.2, 0) is 4.79 Å². The highest BCUT2D eigenvalue weighted by Gasteiger charge is 2.47. The molecule has 1 fully saturated rings. The average Bonchev–Trinajstić information content (AvgIpc) is 2.84. The first-order chi connectivity index (χ1) is 9.14. The van der Waals surface area contributed by atoms with Crippen LogP contribution in [0.4, 0.5) is 5.69 Å².